The summed E-state index contributed by atoms with van der Waals surface area (Å²) in [6.45, 7) is 10.7. The fourth-order valence-corrected chi connectivity index (χ4v) is 4.04. The Labute approximate surface area is 187 Å². The summed E-state index contributed by atoms with van der Waals surface area (Å²) < 4.78 is 0. The molecular formula is C25H37N5O. The highest BCUT2D eigenvalue weighted by Crippen LogP contribution is 2.15. The molecule has 2 aromatic rings. The largest absolute Gasteiger partial charge is 0.356 e. The lowest BCUT2D eigenvalue weighted by Gasteiger charge is -2.29. The van der Waals surface area contributed by atoms with Crippen molar-refractivity contribution in [2.45, 2.75) is 45.6 Å². The lowest BCUT2D eigenvalue weighted by molar-refractivity contribution is -0.110. The summed E-state index contributed by atoms with van der Waals surface area (Å²) in [5.74, 6) is 0.943. The van der Waals surface area contributed by atoms with Gasteiger partial charge >= 0.3 is 0 Å². The summed E-state index contributed by atoms with van der Waals surface area (Å²) in [7, 11) is 2.11. The fourth-order valence-electron chi connectivity index (χ4n) is 4.04. The van der Waals surface area contributed by atoms with Crippen molar-refractivity contribution in [3.05, 3.63) is 42.1 Å². The van der Waals surface area contributed by atoms with Crippen LogP contribution in [0.25, 0.3) is 10.9 Å². The lowest BCUT2D eigenvalue weighted by Crippen LogP contribution is -2.40. The molecule has 1 unspecified atom stereocenters. The standard InChI is InChI=1S/C10H6N2.C8H17N.C7H14N2O/c11-7-9-4-1-3-8-5-2-6-12-10(8)9;1-3-9-6-4-5-8(2)7-9;1-9-4-2-7(3-5-9)8-6-10/h1-6H;8H,3-7H2,1-2H3;6-7H,2-5H2,1H3,(H,8,10). The van der Waals surface area contributed by atoms with Crippen molar-refractivity contribution in [1.82, 2.24) is 20.1 Å². The third-order valence-corrected chi connectivity index (χ3v) is 5.96. The molecule has 1 N–H and O–H groups in total. The second kappa shape index (κ2) is 13.7. The number of pyridine rings is 1. The molecule has 0 saturated carbocycles. The fraction of sp³-hybridized carbons (Fsp3) is 0.560. The van der Waals surface area contributed by atoms with Crippen molar-refractivity contribution >= 4 is 17.3 Å². The van der Waals surface area contributed by atoms with Crippen LogP contribution in [0.4, 0.5) is 0 Å². The highest BCUT2D eigenvalue weighted by Gasteiger charge is 2.15. The number of carbonyl (C=O) groups is 1. The molecule has 0 spiro atoms. The van der Waals surface area contributed by atoms with Crippen molar-refractivity contribution in [3.8, 4) is 6.07 Å². The molecule has 1 atom stereocenters. The minimum atomic E-state index is 0.425. The average molecular weight is 424 g/mol. The second-order valence-electron chi connectivity index (χ2n) is 8.50. The zero-order valence-electron chi connectivity index (χ0n) is 19.3. The number of fused-ring (bicyclic) bond motifs is 1. The van der Waals surface area contributed by atoms with Gasteiger partial charge in [-0.05, 0) is 77.0 Å². The molecule has 0 bridgehead atoms. The van der Waals surface area contributed by atoms with Crippen LogP contribution in [0.5, 0.6) is 0 Å². The van der Waals surface area contributed by atoms with Gasteiger partial charge in [0.25, 0.3) is 0 Å². The molecule has 1 aromatic carbocycles. The van der Waals surface area contributed by atoms with Crippen molar-refractivity contribution in [1.29, 1.82) is 5.26 Å². The van der Waals surface area contributed by atoms with Gasteiger partial charge in [-0.2, -0.15) is 5.26 Å². The summed E-state index contributed by atoms with van der Waals surface area (Å²) in [5.41, 5.74) is 1.41. The number of likely N-dealkylation sites (tertiary alicyclic amines) is 2. The number of para-hydroxylation sites is 1. The molecule has 0 radical (unpaired) electrons. The number of nitrogens with zero attached hydrogens (tertiary/aromatic N) is 4. The van der Waals surface area contributed by atoms with Gasteiger partial charge in [0.2, 0.25) is 6.41 Å². The molecule has 2 aliphatic heterocycles. The Morgan fingerprint density at radius 1 is 1.19 bits per heavy atom. The normalized spacial score (nSPS) is 19.9. The van der Waals surface area contributed by atoms with E-state index in [1.54, 1.807) is 12.3 Å². The molecule has 0 aliphatic carbocycles. The molecular weight excluding hydrogens is 386 g/mol. The maximum atomic E-state index is 10.0. The van der Waals surface area contributed by atoms with Gasteiger partial charge in [0, 0.05) is 24.2 Å². The van der Waals surface area contributed by atoms with E-state index in [9.17, 15) is 4.79 Å². The topological polar surface area (TPSA) is 72.3 Å². The number of benzene rings is 1. The van der Waals surface area contributed by atoms with E-state index >= 15 is 0 Å². The summed E-state index contributed by atoms with van der Waals surface area (Å²) in [4.78, 5) is 19.0. The molecule has 6 heteroatoms. The van der Waals surface area contributed by atoms with Gasteiger partial charge in [-0.25, -0.2) is 0 Å². The first kappa shape index (κ1) is 24.8. The first-order valence-electron chi connectivity index (χ1n) is 11.4. The number of carbonyl (C=O) groups excluding carboxylic acids is 1. The third-order valence-electron chi connectivity index (χ3n) is 5.96. The Kier molecular flexibility index (Phi) is 11.0. The van der Waals surface area contributed by atoms with E-state index in [1.807, 2.05) is 24.3 Å². The first-order chi connectivity index (χ1) is 15.1. The molecule has 6 nitrogen and oxygen atoms in total. The Bertz CT molecular complexity index is 821. The molecule has 1 amide bonds. The van der Waals surface area contributed by atoms with E-state index in [4.69, 9.17) is 5.26 Å². The lowest BCUT2D eigenvalue weighted by atomic mass is 10.0. The van der Waals surface area contributed by atoms with E-state index in [0.29, 0.717) is 11.6 Å². The number of piperidine rings is 2. The molecule has 4 rings (SSSR count). The van der Waals surface area contributed by atoms with Gasteiger partial charge in [-0.3, -0.25) is 9.78 Å². The van der Waals surface area contributed by atoms with Crippen LogP contribution in [0.1, 0.15) is 45.1 Å². The van der Waals surface area contributed by atoms with E-state index in [1.165, 1.54) is 32.5 Å². The number of hydrogen-bond acceptors (Lipinski definition) is 5. The predicted molar refractivity (Wildman–Crippen MR) is 127 cm³/mol. The summed E-state index contributed by atoms with van der Waals surface area (Å²) in [6.07, 6.45) is 7.54. The van der Waals surface area contributed by atoms with E-state index in [0.717, 1.165) is 49.2 Å². The Balaban J connectivity index is 0.000000167. The zero-order valence-corrected chi connectivity index (χ0v) is 19.3. The molecule has 31 heavy (non-hydrogen) atoms. The van der Waals surface area contributed by atoms with Crippen molar-refractivity contribution in [2.24, 2.45) is 5.92 Å². The predicted octanol–water partition coefficient (Wildman–Crippen LogP) is 3.67. The quantitative estimate of drug-likeness (QED) is 0.763. The molecule has 2 aliphatic rings. The maximum absolute atomic E-state index is 10.0. The molecule has 2 fully saturated rings. The monoisotopic (exact) mass is 423 g/mol. The Hall–Kier alpha value is -2.49. The maximum Gasteiger partial charge on any atom is 0.207 e. The van der Waals surface area contributed by atoms with Crippen LogP contribution >= 0.6 is 0 Å². The first-order valence-corrected chi connectivity index (χ1v) is 11.4. The smallest absolute Gasteiger partial charge is 0.207 e. The molecule has 168 valence electrons. The second-order valence-corrected chi connectivity index (χ2v) is 8.50. The highest BCUT2D eigenvalue weighted by molar-refractivity contribution is 5.83. The van der Waals surface area contributed by atoms with Gasteiger partial charge in [-0.15, -0.1) is 0 Å². The molecule has 3 heterocycles. The number of rotatable bonds is 3. The van der Waals surface area contributed by atoms with Crippen LogP contribution in [0.15, 0.2) is 36.5 Å². The Morgan fingerprint density at radius 3 is 2.55 bits per heavy atom. The number of nitriles is 1. The van der Waals surface area contributed by atoms with E-state index in [-0.39, 0.29) is 0 Å². The average Bonchev–Trinajstić information content (AvgIpc) is 2.81. The van der Waals surface area contributed by atoms with Crippen LogP contribution in [0, 0.1) is 17.2 Å². The van der Waals surface area contributed by atoms with Crippen LogP contribution in [-0.2, 0) is 4.79 Å². The van der Waals surface area contributed by atoms with E-state index in [2.05, 4.69) is 47.1 Å². The minimum Gasteiger partial charge on any atom is -0.356 e. The summed E-state index contributed by atoms with van der Waals surface area (Å²) >= 11 is 0. The number of nitrogens with one attached hydrogen (secondary N) is 1. The highest BCUT2D eigenvalue weighted by atomic mass is 16.1. The van der Waals surface area contributed by atoms with Crippen LogP contribution in [0.2, 0.25) is 0 Å². The number of hydrogen-bond donors (Lipinski definition) is 1. The van der Waals surface area contributed by atoms with Crippen molar-refractivity contribution in [3.63, 3.8) is 0 Å². The molecule has 1 aromatic heterocycles. The van der Waals surface area contributed by atoms with Crippen LogP contribution in [0.3, 0.4) is 0 Å². The number of aromatic nitrogens is 1. The van der Waals surface area contributed by atoms with Gasteiger partial charge in [-0.1, -0.05) is 32.0 Å². The number of amides is 1. The van der Waals surface area contributed by atoms with Crippen LogP contribution in [-0.4, -0.2) is 67.0 Å². The van der Waals surface area contributed by atoms with Crippen molar-refractivity contribution in [2.75, 3.05) is 39.8 Å². The van der Waals surface area contributed by atoms with E-state index < -0.39 is 0 Å². The third kappa shape index (κ3) is 8.64. The van der Waals surface area contributed by atoms with Gasteiger partial charge in [0.1, 0.15) is 6.07 Å². The SMILES string of the molecule is CCN1CCCC(C)C1.CN1CCC(NC=O)CC1.N#Cc1cccc2cccnc12. The Morgan fingerprint density at radius 2 is 1.94 bits per heavy atom. The minimum absolute atomic E-state index is 0.425. The zero-order chi connectivity index (χ0) is 22.5. The van der Waals surface area contributed by atoms with Crippen LogP contribution < -0.4 is 5.32 Å². The van der Waals surface area contributed by atoms with Gasteiger partial charge in [0.15, 0.2) is 0 Å². The van der Waals surface area contributed by atoms with Gasteiger partial charge < -0.3 is 15.1 Å². The molecule has 2 saturated heterocycles. The summed E-state index contributed by atoms with van der Waals surface area (Å²) in [6, 6.07) is 11.9. The summed E-state index contributed by atoms with van der Waals surface area (Å²) in [5, 5.41) is 12.6. The van der Waals surface area contributed by atoms with Gasteiger partial charge in [0.05, 0.1) is 11.1 Å². The van der Waals surface area contributed by atoms with Crippen molar-refractivity contribution < 1.29 is 4.79 Å².